The van der Waals surface area contributed by atoms with E-state index in [1.165, 1.54) is 0 Å². The minimum absolute atomic E-state index is 0.175. The lowest BCUT2D eigenvalue weighted by molar-refractivity contribution is 0.191. The third-order valence-electron chi connectivity index (χ3n) is 3.48. The van der Waals surface area contributed by atoms with Crippen molar-refractivity contribution in [1.82, 2.24) is 5.32 Å². The summed E-state index contributed by atoms with van der Waals surface area (Å²) in [6.07, 6.45) is -0.416. The molecule has 0 spiro atoms. The first-order valence-corrected chi connectivity index (χ1v) is 8.86. The van der Waals surface area contributed by atoms with E-state index in [0.29, 0.717) is 45.2 Å². The number of ether oxygens (including phenoxy) is 2. The second-order valence-electron chi connectivity index (χ2n) is 5.58. The largest absolute Gasteiger partial charge is 0.493 e. The van der Waals surface area contributed by atoms with Crippen LogP contribution in [0.25, 0.3) is 0 Å². The summed E-state index contributed by atoms with van der Waals surface area (Å²) in [5, 5.41) is 13.9. The first-order valence-electron chi connectivity index (χ1n) is 7.73. The molecule has 0 amide bonds. The van der Waals surface area contributed by atoms with Crippen molar-refractivity contribution in [2.45, 2.75) is 26.2 Å². The maximum Gasteiger partial charge on any atom is 0.180 e. The number of aliphatic hydroxyl groups excluding tert-OH is 1. The van der Waals surface area contributed by atoms with Gasteiger partial charge in [0.1, 0.15) is 6.61 Å². The molecule has 136 valence electrons. The SMILES string of the molecule is COc1cc(CNC[C@H](C)O)cc(Cl)c1OCc1c(Cl)cccc1Cl. The van der Waals surface area contributed by atoms with Crippen molar-refractivity contribution in [3.05, 3.63) is 56.5 Å². The molecule has 4 nitrogen and oxygen atoms in total. The van der Waals surface area contributed by atoms with Crippen LogP contribution in [0, 0.1) is 0 Å². The molecule has 2 rings (SSSR count). The highest BCUT2D eigenvalue weighted by atomic mass is 35.5. The van der Waals surface area contributed by atoms with Gasteiger partial charge in [0.2, 0.25) is 0 Å². The Morgan fingerprint density at radius 2 is 1.80 bits per heavy atom. The third kappa shape index (κ3) is 5.66. The highest BCUT2D eigenvalue weighted by Gasteiger charge is 2.14. The van der Waals surface area contributed by atoms with Gasteiger partial charge in [0.25, 0.3) is 0 Å². The molecule has 2 aromatic rings. The first kappa shape index (κ1) is 20.1. The van der Waals surface area contributed by atoms with Crippen LogP contribution in [0.4, 0.5) is 0 Å². The molecule has 0 aromatic heterocycles. The predicted octanol–water partition coefficient (Wildman–Crippen LogP) is 4.70. The lowest BCUT2D eigenvalue weighted by Crippen LogP contribution is -2.23. The number of hydrogen-bond donors (Lipinski definition) is 2. The van der Waals surface area contributed by atoms with Gasteiger partial charge >= 0.3 is 0 Å². The van der Waals surface area contributed by atoms with E-state index >= 15 is 0 Å². The summed E-state index contributed by atoms with van der Waals surface area (Å²) in [5.41, 5.74) is 1.61. The fourth-order valence-electron chi connectivity index (χ4n) is 2.26. The van der Waals surface area contributed by atoms with E-state index in [4.69, 9.17) is 44.3 Å². The molecular weight excluding hydrogens is 385 g/mol. The van der Waals surface area contributed by atoms with Crippen LogP contribution in [-0.4, -0.2) is 24.9 Å². The molecule has 2 N–H and O–H groups in total. The Kier molecular flexibility index (Phi) is 7.66. The van der Waals surface area contributed by atoms with Crippen molar-refractivity contribution >= 4 is 34.8 Å². The maximum absolute atomic E-state index is 9.30. The van der Waals surface area contributed by atoms with E-state index < -0.39 is 6.10 Å². The number of hydrogen-bond acceptors (Lipinski definition) is 4. The number of methoxy groups -OCH3 is 1. The van der Waals surface area contributed by atoms with Crippen LogP contribution in [0.1, 0.15) is 18.1 Å². The Morgan fingerprint density at radius 3 is 2.40 bits per heavy atom. The van der Waals surface area contributed by atoms with Gasteiger partial charge in [-0.1, -0.05) is 40.9 Å². The van der Waals surface area contributed by atoms with Crippen molar-refractivity contribution < 1.29 is 14.6 Å². The summed E-state index contributed by atoms with van der Waals surface area (Å²) in [4.78, 5) is 0. The summed E-state index contributed by atoms with van der Waals surface area (Å²) < 4.78 is 11.2. The Morgan fingerprint density at radius 1 is 1.12 bits per heavy atom. The average molecular weight is 405 g/mol. The highest BCUT2D eigenvalue weighted by Crippen LogP contribution is 2.38. The molecule has 0 radical (unpaired) electrons. The van der Waals surface area contributed by atoms with Crippen LogP contribution in [0.5, 0.6) is 11.5 Å². The Bertz CT molecular complexity index is 703. The highest BCUT2D eigenvalue weighted by molar-refractivity contribution is 6.36. The van der Waals surface area contributed by atoms with Crippen LogP contribution in [0.3, 0.4) is 0 Å². The average Bonchev–Trinajstić information content (AvgIpc) is 2.55. The van der Waals surface area contributed by atoms with Crippen LogP contribution in [0.2, 0.25) is 15.1 Å². The van der Waals surface area contributed by atoms with Crippen molar-refractivity contribution in [2.24, 2.45) is 0 Å². The van der Waals surface area contributed by atoms with Gasteiger partial charge < -0.3 is 19.9 Å². The van der Waals surface area contributed by atoms with Gasteiger partial charge in [0.15, 0.2) is 11.5 Å². The summed E-state index contributed by atoms with van der Waals surface area (Å²) in [7, 11) is 1.55. The first-order chi connectivity index (χ1) is 11.9. The zero-order valence-electron chi connectivity index (χ0n) is 14.0. The Balaban J connectivity index is 2.15. The van der Waals surface area contributed by atoms with Crippen LogP contribution < -0.4 is 14.8 Å². The number of benzene rings is 2. The van der Waals surface area contributed by atoms with Crippen LogP contribution in [0.15, 0.2) is 30.3 Å². The number of aliphatic hydroxyl groups is 1. The van der Waals surface area contributed by atoms with Crippen LogP contribution >= 0.6 is 34.8 Å². The summed E-state index contributed by atoms with van der Waals surface area (Å²) in [6.45, 7) is 2.94. The van der Waals surface area contributed by atoms with Gasteiger partial charge in [0, 0.05) is 28.7 Å². The second kappa shape index (κ2) is 9.51. The van der Waals surface area contributed by atoms with E-state index in [1.54, 1.807) is 38.3 Å². The quantitative estimate of drug-likeness (QED) is 0.669. The fraction of sp³-hybridized carbons (Fsp3) is 0.333. The zero-order chi connectivity index (χ0) is 18.4. The maximum atomic E-state index is 9.30. The minimum Gasteiger partial charge on any atom is -0.493 e. The minimum atomic E-state index is -0.416. The van der Waals surface area contributed by atoms with E-state index in [0.717, 1.165) is 5.56 Å². The van der Waals surface area contributed by atoms with E-state index in [-0.39, 0.29) is 6.61 Å². The molecule has 1 atom stereocenters. The molecule has 0 fully saturated rings. The predicted molar refractivity (Wildman–Crippen MR) is 102 cm³/mol. The molecule has 0 saturated carbocycles. The lowest BCUT2D eigenvalue weighted by atomic mass is 10.2. The molecule has 0 aliphatic carbocycles. The second-order valence-corrected chi connectivity index (χ2v) is 6.80. The molecule has 0 unspecified atom stereocenters. The summed E-state index contributed by atoms with van der Waals surface area (Å²) in [6, 6.07) is 8.91. The van der Waals surface area contributed by atoms with Gasteiger partial charge in [-0.15, -0.1) is 0 Å². The monoisotopic (exact) mass is 403 g/mol. The fourth-order valence-corrected chi connectivity index (χ4v) is 3.05. The normalized spacial score (nSPS) is 12.1. The van der Waals surface area contributed by atoms with Crippen molar-refractivity contribution in [1.29, 1.82) is 0 Å². The van der Waals surface area contributed by atoms with E-state index in [9.17, 15) is 5.11 Å². The molecule has 0 aliphatic heterocycles. The van der Waals surface area contributed by atoms with Crippen molar-refractivity contribution in [2.75, 3.05) is 13.7 Å². The van der Waals surface area contributed by atoms with Crippen LogP contribution in [-0.2, 0) is 13.2 Å². The summed E-state index contributed by atoms with van der Waals surface area (Å²) in [5.74, 6) is 0.948. The molecule has 0 heterocycles. The Labute approximate surface area is 162 Å². The van der Waals surface area contributed by atoms with Gasteiger partial charge in [-0.05, 0) is 36.8 Å². The summed E-state index contributed by atoms with van der Waals surface area (Å²) >= 11 is 18.7. The molecule has 0 bridgehead atoms. The lowest BCUT2D eigenvalue weighted by Gasteiger charge is -2.16. The van der Waals surface area contributed by atoms with Gasteiger partial charge in [-0.25, -0.2) is 0 Å². The zero-order valence-corrected chi connectivity index (χ0v) is 16.3. The van der Waals surface area contributed by atoms with Gasteiger partial charge in [-0.2, -0.15) is 0 Å². The Hall–Kier alpha value is -1.17. The molecular formula is C18H20Cl3NO3. The topological polar surface area (TPSA) is 50.7 Å². The van der Waals surface area contributed by atoms with E-state index in [2.05, 4.69) is 5.32 Å². The van der Waals surface area contributed by atoms with Gasteiger partial charge in [0.05, 0.1) is 18.2 Å². The number of nitrogens with one attached hydrogen (secondary N) is 1. The number of halogens is 3. The van der Waals surface area contributed by atoms with Gasteiger partial charge in [-0.3, -0.25) is 0 Å². The molecule has 2 aromatic carbocycles. The molecule has 0 saturated heterocycles. The standard InChI is InChI=1S/C18H20Cl3NO3/c1-11(23)8-22-9-12-6-16(21)18(17(7-12)24-2)25-10-13-14(19)4-3-5-15(13)20/h3-7,11,22-23H,8-10H2,1-2H3/t11-/m0/s1. The number of rotatable bonds is 8. The van der Waals surface area contributed by atoms with Crippen molar-refractivity contribution in [3.8, 4) is 11.5 Å². The molecule has 0 aliphatic rings. The molecule has 7 heteroatoms. The van der Waals surface area contributed by atoms with E-state index in [1.807, 2.05) is 6.07 Å². The molecule has 25 heavy (non-hydrogen) atoms. The smallest absolute Gasteiger partial charge is 0.180 e. The van der Waals surface area contributed by atoms with Crippen molar-refractivity contribution in [3.63, 3.8) is 0 Å². The third-order valence-corrected chi connectivity index (χ3v) is 4.47.